The Morgan fingerprint density at radius 2 is 2.05 bits per heavy atom. The van der Waals surface area contributed by atoms with Gasteiger partial charge >= 0.3 is 0 Å². The molecule has 2 aliphatic rings. The van der Waals surface area contributed by atoms with E-state index < -0.39 is 0 Å². The van der Waals surface area contributed by atoms with Gasteiger partial charge in [-0.3, -0.25) is 9.89 Å². The van der Waals surface area contributed by atoms with Crippen molar-refractivity contribution in [2.24, 2.45) is 0 Å². The van der Waals surface area contributed by atoms with Crippen LogP contribution in [0.3, 0.4) is 0 Å². The Hall–Kier alpha value is -1.08. The first kappa shape index (κ1) is 15.8. The molecule has 1 aromatic heterocycles. The molecule has 1 aliphatic carbocycles. The molecule has 0 spiro atoms. The first-order chi connectivity index (χ1) is 10.8. The van der Waals surface area contributed by atoms with Gasteiger partial charge in [0.2, 0.25) is 11.1 Å². The van der Waals surface area contributed by atoms with Gasteiger partial charge in [0.15, 0.2) is 5.82 Å². The van der Waals surface area contributed by atoms with Crippen LogP contribution in [-0.4, -0.2) is 39.5 Å². The molecule has 0 radical (unpaired) electrons. The van der Waals surface area contributed by atoms with Gasteiger partial charge in [-0.05, 0) is 25.7 Å². The lowest BCUT2D eigenvalue weighted by Crippen LogP contribution is -2.35. The van der Waals surface area contributed by atoms with Crippen LogP contribution in [0.2, 0.25) is 0 Å². The number of aromatic nitrogens is 3. The Balaban J connectivity index is 1.42. The lowest BCUT2D eigenvalue weighted by atomic mass is 10.1. The molecule has 1 amide bonds. The van der Waals surface area contributed by atoms with E-state index in [9.17, 15) is 4.79 Å². The van der Waals surface area contributed by atoms with Gasteiger partial charge in [-0.15, -0.1) is 5.10 Å². The second kappa shape index (κ2) is 7.97. The van der Waals surface area contributed by atoms with Crippen molar-refractivity contribution in [3.05, 3.63) is 5.82 Å². The van der Waals surface area contributed by atoms with Gasteiger partial charge in [0, 0.05) is 12.6 Å². The number of nitrogens with one attached hydrogen (secondary N) is 2. The van der Waals surface area contributed by atoms with Crippen LogP contribution in [0.1, 0.15) is 63.3 Å². The Kier molecular flexibility index (Phi) is 5.72. The maximum absolute atomic E-state index is 12.0. The Labute approximate surface area is 135 Å². The summed E-state index contributed by atoms with van der Waals surface area (Å²) in [6.45, 7) is 0.789. The molecule has 1 aromatic rings. The number of ether oxygens (including phenoxy) is 1. The third kappa shape index (κ3) is 4.46. The first-order valence-corrected chi connectivity index (χ1v) is 9.26. The van der Waals surface area contributed by atoms with Gasteiger partial charge in [0.1, 0.15) is 6.10 Å². The van der Waals surface area contributed by atoms with Gasteiger partial charge in [0.25, 0.3) is 0 Å². The molecule has 22 heavy (non-hydrogen) atoms. The highest BCUT2D eigenvalue weighted by Crippen LogP contribution is 2.27. The number of aromatic amines is 1. The van der Waals surface area contributed by atoms with E-state index in [4.69, 9.17) is 4.74 Å². The molecule has 0 bridgehead atoms. The first-order valence-electron chi connectivity index (χ1n) is 8.27. The maximum Gasteiger partial charge on any atom is 0.230 e. The average molecular weight is 324 g/mol. The summed E-state index contributed by atoms with van der Waals surface area (Å²) in [5.74, 6) is 1.24. The smallest absolute Gasteiger partial charge is 0.230 e. The fourth-order valence-electron chi connectivity index (χ4n) is 3.08. The molecular weight excluding hydrogens is 300 g/mol. The van der Waals surface area contributed by atoms with Crippen LogP contribution in [0.25, 0.3) is 0 Å². The molecule has 7 heteroatoms. The number of amides is 1. The zero-order chi connectivity index (χ0) is 15.2. The summed E-state index contributed by atoms with van der Waals surface area (Å²) in [6.07, 6.45) is 9.36. The number of H-pyrrole nitrogens is 1. The van der Waals surface area contributed by atoms with E-state index in [2.05, 4.69) is 20.5 Å². The molecule has 2 fully saturated rings. The van der Waals surface area contributed by atoms with Crippen molar-refractivity contribution in [2.45, 2.75) is 68.7 Å². The van der Waals surface area contributed by atoms with Crippen molar-refractivity contribution in [1.82, 2.24) is 20.5 Å². The zero-order valence-electron chi connectivity index (χ0n) is 12.8. The van der Waals surface area contributed by atoms with Crippen LogP contribution in [-0.2, 0) is 9.53 Å². The van der Waals surface area contributed by atoms with E-state index in [0.717, 1.165) is 38.1 Å². The minimum Gasteiger partial charge on any atom is -0.370 e. The average Bonchev–Trinajstić information content (AvgIpc) is 3.14. The highest BCUT2D eigenvalue weighted by Gasteiger charge is 2.22. The maximum atomic E-state index is 12.0. The van der Waals surface area contributed by atoms with Crippen LogP contribution in [0, 0.1) is 0 Å². The number of carbonyl (C=O) groups excluding carboxylic acids is 1. The summed E-state index contributed by atoms with van der Waals surface area (Å²) in [4.78, 5) is 16.5. The normalized spacial score (nSPS) is 23.4. The molecule has 122 valence electrons. The van der Waals surface area contributed by atoms with E-state index in [1.165, 1.54) is 37.4 Å². The van der Waals surface area contributed by atoms with E-state index in [0.29, 0.717) is 17.0 Å². The van der Waals surface area contributed by atoms with Crippen molar-refractivity contribution in [3.8, 4) is 0 Å². The van der Waals surface area contributed by atoms with E-state index in [1.807, 2.05) is 0 Å². The number of hydrogen-bond acceptors (Lipinski definition) is 5. The van der Waals surface area contributed by atoms with Crippen LogP contribution >= 0.6 is 11.8 Å². The lowest BCUT2D eigenvalue weighted by Gasteiger charge is -2.15. The molecule has 2 N–H and O–H groups in total. The molecule has 1 saturated heterocycles. The predicted octanol–water partition coefficient (Wildman–Crippen LogP) is 2.59. The van der Waals surface area contributed by atoms with Gasteiger partial charge in [-0.1, -0.05) is 37.4 Å². The van der Waals surface area contributed by atoms with Crippen molar-refractivity contribution < 1.29 is 9.53 Å². The number of carbonyl (C=O) groups is 1. The van der Waals surface area contributed by atoms with Crippen molar-refractivity contribution >= 4 is 17.7 Å². The number of hydrogen-bond donors (Lipinski definition) is 2. The van der Waals surface area contributed by atoms with Crippen LogP contribution in [0.15, 0.2) is 5.16 Å². The van der Waals surface area contributed by atoms with Gasteiger partial charge in [-0.25, -0.2) is 4.98 Å². The quantitative estimate of drug-likeness (QED) is 0.643. The van der Waals surface area contributed by atoms with Crippen LogP contribution in [0.5, 0.6) is 0 Å². The molecule has 3 rings (SSSR count). The summed E-state index contributed by atoms with van der Waals surface area (Å²) in [6, 6.07) is 0.352. The molecule has 6 nitrogen and oxygen atoms in total. The van der Waals surface area contributed by atoms with E-state index in [-0.39, 0.29) is 12.0 Å². The van der Waals surface area contributed by atoms with Crippen molar-refractivity contribution in [2.75, 3.05) is 12.4 Å². The number of nitrogens with zero attached hydrogens (tertiary/aromatic N) is 2. The zero-order valence-corrected chi connectivity index (χ0v) is 13.7. The fourth-order valence-corrected chi connectivity index (χ4v) is 3.70. The minimum atomic E-state index is 0.0432. The van der Waals surface area contributed by atoms with E-state index >= 15 is 0 Å². The third-order valence-electron chi connectivity index (χ3n) is 4.27. The molecule has 1 saturated carbocycles. The summed E-state index contributed by atoms with van der Waals surface area (Å²) in [7, 11) is 0. The molecule has 1 unspecified atom stereocenters. The van der Waals surface area contributed by atoms with Crippen LogP contribution < -0.4 is 5.32 Å². The minimum absolute atomic E-state index is 0.0432. The van der Waals surface area contributed by atoms with Crippen molar-refractivity contribution in [1.29, 1.82) is 0 Å². The van der Waals surface area contributed by atoms with Gasteiger partial charge < -0.3 is 10.1 Å². The van der Waals surface area contributed by atoms with Gasteiger partial charge in [0.05, 0.1) is 5.75 Å². The SMILES string of the molecule is O=C(CSc1n[nH]c(C2CCCO2)n1)NC1CCCCCC1. The molecular formula is C15H24N4O2S. The van der Waals surface area contributed by atoms with Crippen molar-refractivity contribution in [3.63, 3.8) is 0 Å². The summed E-state index contributed by atoms with van der Waals surface area (Å²) < 4.78 is 5.57. The second-order valence-corrected chi connectivity index (χ2v) is 6.99. The predicted molar refractivity (Wildman–Crippen MR) is 84.7 cm³/mol. The fraction of sp³-hybridized carbons (Fsp3) is 0.800. The molecule has 0 aromatic carbocycles. The second-order valence-electron chi connectivity index (χ2n) is 6.05. The summed E-state index contributed by atoms with van der Waals surface area (Å²) in [5, 5.41) is 10.9. The number of rotatable bonds is 5. The topological polar surface area (TPSA) is 79.9 Å². The van der Waals surface area contributed by atoms with Crippen LogP contribution in [0.4, 0.5) is 0 Å². The largest absolute Gasteiger partial charge is 0.370 e. The third-order valence-corrected chi connectivity index (χ3v) is 5.12. The Morgan fingerprint density at radius 1 is 1.23 bits per heavy atom. The molecule has 1 aliphatic heterocycles. The monoisotopic (exact) mass is 324 g/mol. The van der Waals surface area contributed by atoms with E-state index in [1.54, 1.807) is 0 Å². The summed E-state index contributed by atoms with van der Waals surface area (Å²) in [5.41, 5.74) is 0. The Morgan fingerprint density at radius 3 is 2.77 bits per heavy atom. The Bertz CT molecular complexity index is 480. The molecule has 2 heterocycles. The van der Waals surface area contributed by atoms with Gasteiger partial charge in [-0.2, -0.15) is 0 Å². The molecule has 1 atom stereocenters. The summed E-state index contributed by atoms with van der Waals surface area (Å²) >= 11 is 1.38. The highest BCUT2D eigenvalue weighted by molar-refractivity contribution is 7.99. The highest BCUT2D eigenvalue weighted by atomic mass is 32.2. The standard InChI is InChI=1S/C15H24N4O2S/c20-13(16-11-6-3-1-2-4-7-11)10-22-15-17-14(18-19-15)12-8-5-9-21-12/h11-12H,1-10H2,(H,16,20)(H,17,18,19). The number of thioether (sulfide) groups is 1. The lowest BCUT2D eigenvalue weighted by molar-refractivity contribution is -0.119.